The first-order chi connectivity index (χ1) is 11.0. The topological polar surface area (TPSA) is 18.5 Å². The monoisotopic (exact) mass is 328 g/mol. The van der Waals surface area contributed by atoms with Crippen LogP contribution in [-0.2, 0) is 15.9 Å². The van der Waals surface area contributed by atoms with E-state index in [0.717, 1.165) is 41.8 Å². The summed E-state index contributed by atoms with van der Waals surface area (Å²) in [5, 5.41) is 0.768. The van der Waals surface area contributed by atoms with E-state index in [-0.39, 0.29) is 17.6 Å². The van der Waals surface area contributed by atoms with Gasteiger partial charge in [-0.1, -0.05) is 29.7 Å². The van der Waals surface area contributed by atoms with Crippen LogP contribution >= 0.6 is 11.6 Å². The van der Waals surface area contributed by atoms with Gasteiger partial charge in [0.25, 0.3) is 0 Å². The maximum Gasteiger partial charge on any atom is 0.189 e. The van der Waals surface area contributed by atoms with Gasteiger partial charge in [0.05, 0.1) is 17.6 Å². The third-order valence-corrected chi connectivity index (χ3v) is 5.99. The van der Waals surface area contributed by atoms with Gasteiger partial charge in [-0.15, -0.1) is 6.42 Å². The van der Waals surface area contributed by atoms with Crippen LogP contribution in [0.3, 0.4) is 0 Å². The molecule has 0 bridgehead atoms. The first-order valence-electron chi connectivity index (χ1n) is 8.33. The summed E-state index contributed by atoms with van der Waals surface area (Å²) in [6.07, 6.45) is 11.9. The van der Waals surface area contributed by atoms with Crippen LogP contribution in [0.15, 0.2) is 24.3 Å². The summed E-state index contributed by atoms with van der Waals surface area (Å²) in [6, 6.07) is 6.10. The number of ether oxygens (including phenoxy) is 2. The average Bonchev–Trinajstić information content (AvgIpc) is 2.81. The molecule has 120 valence electrons. The van der Waals surface area contributed by atoms with Gasteiger partial charge in [-0.2, -0.15) is 0 Å². The Bertz CT molecular complexity index is 720. The van der Waals surface area contributed by atoms with Gasteiger partial charge in [-0.3, -0.25) is 0 Å². The molecule has 3 atom stereocenters. The normalized spacial score (nSPS) is 38.6. The third-order valence-electron chi connectivity index (χ3n) is 5.68. The molecule has 4 rings (SSSR count). The zero-order chi connectivity index (χ0) is 16.2. The predicted molar refractivity (Wildman–Crippen MR) is 92.1 cm³/mol. The first-order valence-corrected chi connectivity index (χ1v) is 8.71. The second-order valence-corrected chi connectivity index (χ2v) is 7.42. The molecular weight excluding hydrogens is 308 g/mol. The Kier molecular flexibility index (Phi) is 3.39. The number of allylic oxidation sites excluding steroid dienone is 1. The van der Waals surface area contributed by atoms with Gasteiger partial charge in [0.15, 0.2) is 5.79 Å². The highest BCUT2D eigenvalue weighted by molar-refractivity contribution is 6.32. The molecule has 3 aliphatic rings. The highest BCUT2D eigenvalue weighted by atomic mass is 35.5. The molecule has 1 saturated heterocycles. The quantitative estimate of drug-likeness (QED) is 0.648. The minimum Gasteiger partial charge on any atom is -0.341 e. The lowest BCUT2D eigenvalue weighted by Gasteiger charge is -2.44. The number of aryl methyl sites for hydroxylation is 1. The van der Waals surface area contributed by atoms with Gasteiger partial charge in [-0.25, -0.2) is 0 Å². The fourth-order valence-electron chi connectivity index (χ4n) is 4.21. The zero-order valence-electron chi connectivity index (χ0n) is 13.6. The smallest absolute Gasteiger partial charge is 0.189 e. The van der Waals surface area contributed by atoms with Crippen LogP contribution in [-0.4, -0.2) is 18.0 Å². The second-order valence-electron chi connectivity index (χ2n) is 7.02. The van der Waals surface area contributed by atoms with E-state index in [2.05, 4.69) is 31.9 Å². The lowest BCUT2D eigenvalue weighted by molar-refractivity contribution is -0.145. The van der Waals surface area contributed by atoms with Gasteiger partial charge in [0, 0.05) is 17.0 Å². The van der Waals surface area contributed by atoms with Crippen LogP contribution < -0.4 is 0 Å². The van der Waals surface area contributed by atoms with Crippen molar-refractivity contribution in [2.75, 3.05) is 0 Å². The van der Waals surface area contributed by atoms with Crippen molar-refractivity contribution in [2.24, 2.45) is 5.41 Å². The van der Waals surface area contributed by atoms with Crippen LogP contribution in [0, 0.1) is 17.8 Å². The summed E-state index contributed by atoms with van der Waals surface area (Å²) in [6.45, 7) is 4.12. The van der Waals surface area contributed by atoms with Gasteiger partial charge < -0.3 is 9.47 Å². The number of hydrogen-bond donors (Lipinski definition) is 0. The van der Waals surface area contributed by atoms with Crippen LogP contribution in [0.5, 0.6) is 0 Å². The van der Waals surface area contributed by atoms with Gasteiger partial charge >= 0.3 is 0 Å². The maximum atomic E-state index is 6.54. The molecule has 0 amide bonds. The van der Waals surface area contributed by atoms with Crippen molar-refractivity contribution in [1.29, 1.82) is 0 Å². The number of fused-ring (bicyclic) bond motifs is 3. The molecule has 0 N–H and O–H groups in total. The van der Waals surface area contributed by atoms with Crippen molar-refractivity contribution in [2.45, 2.75) is 57.5 Å². The Labute approximate surface area is 142 Å². The molecule has 1 fully saturated rings. The van der Waals surface area contributed by atoms with Gasteiger partial charge in [-0.05, 0) is 56.4 Å². The number of terminal acetylenes is 1. The lowest BCUT2D eigenvalue weighted by Crippen LogP contribution is -2.40. The van der Waals surface area contributed by atoms with Gasteiger partial charge in [0.2, 0.25) is 0 Å². The molecule has 1 aromatic rings. The zero-order valence-corrected chi connectivity index (χ0v) is 14.3. The third kappa shape index (κ3) is 2.18. The molecule has 1 spiro atoms. The number of halogens is 1. The van der Waals surface area contributed by atoms with E-state index in [1.165, 1.54) is 5.56 Å². The Morgan fingerprint density at radius 1 is 1.17 bits per heavy atom. The average molecular weight is 329 g/mol. The summed E-state index contributed by atoms with van der Waals surface area (Å²) in [5.74, 6) is 2.43. The second kappa shape index (κ2) is 5.11. The Morgan fingerprint density at radius 2 is 1.91 bits per heavy atom. The van der Waals surface area contributed by atoms with Gasteiger partial charge in [0.1, 0.15) is 0 Å². The molecule has 3 unspecified atom stereocenters. The molecule has 1 heterocycles. The summed E-state index contributed by atoms with van der Waals surface area (Å²) in [4.78, 5) is 0. The molecule has 0 aromatic heterocycles. The highest BCUT2D eigenvalue weighted by Gasteiger charge is 2.51. The maximum absolute atomic E-state index is 6.54. The van der Waals surface area contributed by atoms with Crippen LogP contribution in [0.1, 0.15) is 44.2 Å². The predicted octanol–water partition coefficient (Wildman–Crippen LogP) is 4.60. The molecule has 0 saturated carbocycles. The number of benzene rings is 1. The van der Waals surface area contributed by atoms with E-state index in [1.807, 2.05) is 12.1 Å². The largest absolute Gasteiger partial charge is 0.341 e. The van der Waals surface area contributed by atoms with Crippen molar-refractivity contribution in [1.82, 2.24) is 0 Å². The van der Waals surface area contributed by atoms with E-state index in [0.29, 0.717) is 0 Å². The minimum atomic E-state index is -0.650. The Hall–Kier alpha value is -1.27. The molecule has 1 aromatic carbocycles. The van der Waals surface area contributed by atoms with Crippen molar-refractivity contribution >= 4 is 17.2 Å². The molecule has 0 radical (unpaired) electrons. The lowest BCUT2D eigenvalue weighted by atomic mass is 9.62. The van der Waals surface area contributed by atoms with E-state index >= 15 is 0 Å². The summed E-state index contributed by atoms with van der Waals surface area (Å²) >= 11 is 6.54. The van der Waals surface area contributed by atoms with Crippen LogP contribution in [0.2, 0.25) is 5.02 Å². The Morgan fingerprint density at radius 3 is 2.61 bits per heavy atom. The highest BCUT2D eigenvalue weighted by Crippen LogP contribution is 2.55. The molecule has 3 heteroatoms. The van der Waals surface area contributed by atoms with E-state index < -0.39 is 5.79 Å². The number of rotatable bonds is 0. The first kappa shape index (κ1) is 15.3. The van der Waals surface area contributed by atoms with Crippen molar-refractivity contribution < 1.29 is 9.47 Å². The summed E-state index contributed by atoms with van der Waals surface area (Å²) < 4.78 is 12.4. The van der Waals surface area contributed by atoms with Crippen LogP contribution in [0.25, 0.3) is 5.57 Å². The fourth-order valence-corrected chi connectivity index (χ4v) is 4.50. The Balaban J connectivity index is 1.89. The number of hydrogen-bond acceptors (Lipinski definition) is 2. The SMILES string of the molecule is C#CC12CCc3cccc(Cl)c3C1=CC1(CC2)OC(C)C(C)O1. The van der Waals surface area contributed by atoms with Crippen LogP contribution in [0.4, 0.5) is 0 Å². The standard InChI is InChI=1S/C20H21ClO2/c1-4-19-9-8-15-6-5-7-17(21)18(15)16(19)12-20(11-10-19)22-13(2)14(3)23-20/h1,5-7,12-14H,8-11H2,2-3H3. The molecule has 2 nitrogen and oxygen atoms in total. The van der Waals surface area contributed by atoms with E-state index in [9.17, 15) is 0 Å². The fraction of sp³-hybridized carbons (Fsp3) is 0.500. The van der Waals surface area contributed by atoms with E-state index in [4.69, 9.17) is 27.5 Å². The van der Waals surface area contributed by atoms with Crippen molar-refractivity contribution in [3.05, 3.63) is 40.4 Å². The van der Waals surface area contributed by atoms with E-state index in [1.54, 1.807) is 0 Å². The van der Waals surface area contributed by atoms with Crippen molar-refractivity contribution in [3.8, 4) is 12.3 Å². The minimum absolute atomic E-state index is 0.0829. The molecule has 2 aliphatic carbocycles. The summed E-state index contributed by atoms with van der Waals surface area (Å²) in [5.41, 5.74) is 3.24. The molecular formula is C20H21ClO2. The molecule has 1 aliphatic heterocycles. The summed E-state index contributed by atoms with van der Waals surface area (Å²) in [7, 11) is 0. The molecule has 23 heavy (non-hydrogen) atoms. The van der Waals surface area contributed by atoms with Crippen molar-refractivity contribution in [3.63, 3.8) is 0 Å².